The molecule has 0 aromatic heterocycles. The monoisotopic (exact) mass is 255 g/mol. The van der Waals surface area contributed by atoms with E-state index < -0.39 is 17.7 Å². The van der Waals surface area contributed by atoms with Gasteiger partial charge in [0.15, 0.2) is 5.78 Å². The van der Waals surface area contributed by atoms with Gasteiger partial charge in [0.25, 0.3) is 0 Å². The number of likely N-dealkylation sites (N-methyl/N-ethyl adjacent to an activating group) is 1. The maximum Gasteiger partial charge on any atom is 0.182 e. The van der Waals surface area contributed by atoms with Gasteiger partial charge in [-0.2, -0.15) is 0 Å². The molecule has 4 heteroatoms. The van der Waals surface area contributed by atoms with E-state index in [4.69, 9.17) is 0 Å². The Morgan fingerprint density at radius 1 is 1.28 bits per heavy atom. The first kappa shape index (κ1) is 14.8. The molecule has 0 amide bonds. The minimum Gasteiger partial charge on any atom is -0.292 e. The fraction of sp³-hybridized carbons (Fsp3) is 0.500. The lowest BCUT2D eigenvalue weighted by Gasteiger charge is -2.30. The van der Waals surface area contributed by atoms with Gasteiger partial charge in [0.1, 0.15) is 11.6 Å². The third kappa shape index (κ3) is 3.13. The smallest absolute Gasteiger partial charge is 0.182 e. The van der Waals surface area contributed by atoms with Gasteiger partial charge in [0.05, 0.1) is 11.6 Å². The zero-order valence-corrected chi connectivity index (χ0v) is 11.2. The van der Waals surface area contributed by atoms with Crippen LogP contribution in [0.25, 0.3) is 0 Å². The highest BCUT2D eigenvalue weighted by molar-refractivity contribution is 6.00. The Bertz CT molecular complexity index is 432. The molecule has 0 fully saturated rings. The normalized spacial score (nSPS) is 13.1. The number of benzene rings is 1. The lowest BCUT2D eigenvalue weighted by atomic mass is 10.0. The van der Waals surface area contributed by atoms with Crippen LogP contribution in [0, 0.1) is 11.6 Å². The SMILES string of the molecule is CCN(C(C)C)C(C)C(=O)c1ccc(F)cc1F. The summed E-state index contributed by atoms with van der Waals surface area (Å²) < 4.78 is 26.4. The molecule has 0 heterocycles. The molecule has 0 spiro atoms. The van der Waals surface area contributed by atoms with Crippen molar-refractivity contribution < 1.29 is 13.6 Å². The minimum atomic E-state index is -0.799. The van der Waals surface area contributed by atoms with Crippen LogP contribution in [0.4, 0.5) is 8.78 Å². The van der Waals surface area contributed by atoms with Gasteiger partial charge in [-0.1, -0.05) is 6.92 Å². The van der Waals surface area contributed by atoms with Gasteiger partial charge in [0.2, 0.25) is 0 Å². The summed E-state index contributed by atoms with van der Waals surface area (Å²) in [5.74, 6) is -1.79. The summed E-state index contributed by atoms with van der Waals surface area (Å²) in [7, 11) is 0. The van der Waals surface area contributed by atoms with Gasteiger partial charge < -0.3 is 0 Å². The number of ketones is 1. The Labute approximate surface area is 107 Å². The highest BCUT2D eigenvalue weighted by atomic mass is 19.1. The van der Waals surface area contributed by atoms with E-state index in [0.29, 0.717) is 6.54 Å². The Morgan fingerprint density at radius 2 is 1.89 bits per heavy atom. The van der Waals surface area contributed by atoms with Crippen molar-refractivity contribution in [2.45, 2.75) is 39.8 Å². The quantitative estimate of drug-likeness (QED) is 0.753. The second-order valence-corrected chi connectivity index (χ2v) is 4.59. The van der Waals surface area contributed by atoms with Crippen molar-refractivity contribution in [3.63, 3.8) is 0 Å². The van der Waals surface area contributed by atoms with Crippen LogP contribution in [-0.2, 0) is 0 Å². The first-order chi connectivity index (χ1) is 8.38. The Morgan fingerprint density at radius 3 is 2.33 bits per heavy atom. The number of hydrogen-bond acceptors (Lipinski definition) is 2. The van der Waals surface area contributed by atoms with Crippen molar-refractivity contribution in [3.05, 3.63) is 35.4 Å². The molecule has 0 radical (unpaired) electrons. The van der Waals surface area contributed by atoms with Gasteiger partial charge in [-0.3, -0.25) is 9.69 Å². The van der Waals surface area contributed by atoms with Crippen LogP contribution >= 0.6 is 0 Å². The molecular formula is C14H19F2NO. The molecule has 0 saturated heterocycles. The van der Waals surface area contributed by atoms with Crippen LogP contribution in [0.5, 0.6) is 0 Å². The zero-order valence-electron chi connectivity index (χ0n) is 11.2. The summed E-state index contributed by atoms with van der Waals surface area (Å²) in [6, 6.07) is 2.82. The second-order valence-electron chi connectivity index (χ2n) is 4.59. The van der Waals surface area contributed by atoms with E-state index in [1.54, 1.807) is 6.92 Å². The number of rotatable bonds is 5. The molecule has 18 heavy (non-hydrogen) atoms. The van der Waals surface area contributed by atoms with Crippen molar-refractivity contribution in [1.29, 1.82) is 0 Å². The summed E-state index contributed by atoms with van der Waals surface area (Å²) in [4.78, 5) is 14.1. The topological polar surface area (TPSA) is 20.3 Å². The molecule has 0 aliphatic carbocycles. The predicted octanol–water partition coefficient (Wildman–Crippen LogP) is 3.27. The molecule has 1 aromatic rings. The Hall–Kier alpha value is -1.29. The highest BCUT2D eigenvalue weighted by Gasteiger charge is 2.25. The summed E-state index contributed by atoms with van der Waals surface area (Å²) in [5.41, 5.74) is -0.0528. The maximum atomic E-state index is 13.6. The largest absolute Gasteiger partial charge is 0.292 e. The van der Waals surface area contributed by atoms with Crippen molar-refractivity contribution in [1.82, 2.24) is 4.90 Å². The first-order valence-electron chi connectivity index (χ1n) is 6.13. The lowest BCUT2D eigenvalue weighted by molar-refractivity contribution is 0.0795. The minimum absolute atomic E-state index is 0.0528. The average molecular weight is 255 g/mol. The van der Waals surface area contributed by atoms with E-state index in [9.17, 15) is 13.6 Å². The van der Waals surface area contributed by atoms with Crippen LogP contribution in [-0.4, -0.2) is 29.3 Å². The first-order valence-corrected chi connectivity index (χ1v) is 6.13. The fourth-order valence-electron chi connectivity index (χ4n) is 2.15. The summed E-state index contributed by atoms with van der Waals surface area (Å²) in [5, 5.41) is 0. The molecule has 0 saturated carbocycles. The van der Waals surface area contributed by atoms with Gasteiger partial charge in [-0.15, -0.1) is 0 Å². The number of halogens is 2. The van der Waals surface area contributed by atoms with Crippen LogP contribution in [0.3, 0.4) is 0 Å². The number of hydrogen-bond donors (Lipinski definition) is 0. The maximum absolute atomic E-state index is 13.6. The predicted molar refractivity (Wildman–Crippen MR) is 67.7 cm³/mol. The molecule has 1 unspecified atom stereocenters. The van der Waals surface area contributed by atoms with E-state index in [0.717, 1.165) is 12.1 Å². The van der Waals surface area contributed by atoms with Gasteiger partial charge in [0, 0.05) is 12.1 Å². The van der Waals surface area contributed by atoms with Crippen molar-refractivity contribution in [2.24, 2.45) is 0 Å². The zero-order chi connectivity index (χ0) is 13.9. The Balaban J connectivity index is 2.99. The molecule has 0 aliphatic heterocycles. The number of nitrogens with zero attached hydrogens (tertiary/aromatic N) is 1. The Kier molecular flexibility index (Phi) is 4.96. The van der Waals surface area contributed by atoms with Crippen molar-refractivity contribution in [2.75, 3.05) is 6.54 Å². The number of carbonyl (C=O) groups is 1. The third-order valence-electron chi connectivity index (χ3n) is 3.10. The molecule has 1 atom stereocenters. The van der Waals surface area contributed by atoms with Gasteiger partial charge in [-0.05, 0) is 39.4 Å². The molecule has 0 bridgehead atoms. The highest BCUT2D eigenvalue weighted by Crippen LogP contribution is 2.15. The van der Waals surface area contributed by atoms with E-state index >= 15 is 0 Å². The van der Waals surface area contributed by atoms with Gasteiger partial charge in [-0.25, -0.2) is 8.78 Å². The third-order valence-corrected chi connectivity index (χ3v) is 3.10. The van der Waals surface area contributed by atoms with Crippen LogP contribution in [0.2, 0.25) is 0 Å². The summed E-state index contributed by atoms with van der Waals surface area (Å²) in [6.07, 6.45) is 0. The molecule has 0 N–H and O–H groups in total. The number of carbonyl (C=O) groups excluding carboxylic acids is 1. The molecular weight excluding hydrogens is 236 g/mol. The van der Waals surface area contributed by atoms with E-state index in [-0.39, 0.29) is 17.4 Å². The molecule has 1 aromatic carbocycles. The van der Waals surface area contributed by atoms with Crippen LogP contribution in [0.1, 0.15) is 38.1 Å². The average Bonchev–Trinajstić information content (AvgIpc) is 2.28. The lowest BCUT2D eigenvalue weighted by Crippen LogP contribution is -2.43. The summed E-state index contributed by atoms with van der Waals surface area (Å²) >= 11 is 0. The van der Waals surface area contributed by atoms with Crippen molar-refractivity contribution >= 4 is 5.78 Å². The molecule has 2 nitrogen and oxygen atoms in total. The summed E-state index contributed by atoms with van der Waals surface area (Å²) in [6.45, 7) is 8.36. The molecule has 100 valence electrons. The van der Waals surface area contributed by atoms with E-state index in [1.165, 1.54) is 6.07 Å². The molecule has 1 rings (SSSR count). The van der Waals surface area contributed by atoms with E-state index in [2.05, 4.69) is 0 Å². The van der Waals surface area contributed by atoms with Gasteiger partial charge >= 0.3 is 0 Å². The standard InChI is InChI=1S/C14H19F2NO/c1-5-17(9(2)3)10(4)14(18)12-7-6-11(15)8-13(12)16/h6-10H,5H2,1-4H3. The fourth-order valence-corrected chi connectivity index (χ4v) is 2.15. The van der Waals surface area contributed by atoms with Crippen molar-refractivity contribution in [3.8, 4) is 0 Å². The number of Topliss-reactive ketones (excluding diaryl/α,β-unsaturated/α-hetero) is 1. The second kappa shape index (κ2) is 6.05. The molecule has 0 aliphatic rings. The van der Waals surface area contributed by atoms with E-state index in [1.807, 2.05) is 25.7 Å². The van der Waals surface area contributed by atoms with Crippen LogP contribution in [0.15, 0.2) is 18.2 Å². The van der Waals surface area contributed by atoms with Crippen LogP contribution < -0.4 is 0 Å².